The Kier molecular flexibility index (Phi) is 3.69. The van der Waals surface area contributed by atoms with Gasteiger partial charge in [-0.3, -0.25) is 0 Å². The average Bonchev–Trinajstić information content (AvgIpc) is 2.68. The third kappa shape index (κ3) is 2.52. The maximum absolute atomic E-state index is 12.7. The highest BCUT2D eigenvalue weighted by Crippen LogP contribution is 2.28. The lowest BCUT2D eigenvalue weighted by Gasteiger charge is -2.03. The summed E-state index contributed by atoms with van der Waals surface area (Å²) in [5.74, 6) is 6.74. The zero-order valence-corrected chi connectivity index (χ0v) is 10.6. The van der Waals surface area contributed by atoms with Gasteiger partial charge in [0, 0.05) is 17.5 Å². The molecule has 6 heteroatoms. The van der Waals surface area contributed by atoms with Crippen LogP contribution in [0.3, 0.4) is 0 Å². The molecule has 19 heavy (non-hydrogen) atoms. The summed E-state index contributed by atoms with van der Waals surface area (Å²) in [6, 6.07) is 6.02. The molecular weight excluding hydrogens is 250 g/mol. The van der Waals surface area contributed by atoms with Gasteiger partial charge in [0.15, 0.2) is 5.82 Å². The number of benzene rings is 1. The maximum atomic E-state index is 12.7. The van der Waals surface area contributed by atoms with E-state index in [9.17, 15) is 8.78 Å². The second-order valence-corrected chi connectivity index (χ2v) is 4.31. The van der Waals surface area contributed by atoms with Crippen molar-refractivity contribution in [1.29, 1.82) is 0 Å². The van der Waals surface area contributed by atoms with E-state index in [4.69, 9.17) is 11.6 Å². The molecule has 0 aliphatic rings. The van der Waals surface area contributed by atoms with E-state index in [0.29, 0.717) is 23.5 Å². The van der Waals surface area contributed by atoms with Crippen LogP contribution in [0.4, 0.5) is 14.6 Å². The van der Waals surface area contributed by atoms with Crippen LogP contribution < -0.4 is 11.6 Å². The third-order valence-corrected chi connectivity index (χ3v) is 2.91. The van der Waals surface area contributed by atoms with Gasteiger partial charge in [-0.2, -0.15) is 0 Å². The van der Waals surface area contributed by atoms with Crippen LogP contribution in [0, 0.1) is 0 Å². The minimum Gasteiger partial charge on any atom is -0.382 e. The Bertz CT molecular complexity index is 578. The lowest BCUT2D eigenvalue weighted by atomic mass is 10.1. The van der Waals surface area contributed by atoms with Gasteiger partial charge < -0.3 is 11.6 Å². The molecule has 1 aromatic heterocycles. The summed E-state index contributed by atoms with van der Waals surface area (Å²) >= 11 is 0. The molecule has 0 aliphatic carbocycles. The first kappa shape index (κ1) is 13.3. The number of alkyl halides is 2. The topological polar surface area (TPSA) is 69.9 Å². The van der Waals surface area contributed by atoms with Gasteiger partial charge in [0.1, 0.15) is 11.5 Å². The van der Waals surface area contributed by atoms with Crippen molar-refractivity contribution in [3.05, 3.63) is 35.7 Å². The average molecular weight is 266 g/mol. The fourth-order valence-electron chi connectivity index (χ4n) is 1.93. The number of nitrogens with two attached hydrogens (primary N) is 2. The van der Waals surface area contributed by atoms with Crippen LogP contribution in [0.15, 0.2) is 24.3 Å². The second kappa shape index (κ2) is 5.26. The monoisotopic (exact) mass is 266 g/mol. The van der Waals surface area contributed by atoms with Crippen molar-refractivity contribution in [2.45, 2.75) is 26.2 Å². The van der Waals surface area contributed by atoms with Gasteiger partial charge >= 0.3 is 0 Å². The van der Waals surface area contributed by atoms with E-state index < -0.39 is 6.43 Å². The molecule has 0 bridgehead atoms. The number of imidazole rings is 1. The Labute approximate surface area is 110 Å². The van der Waals surface area contributed by atoms with Crippen molar-refractivity contribution in [2.24, 2.45) is 0 Å². The summed E-state index contributed by atoms with van der Waals surface area (Å²) in [6.45, 7) is 2.00. The molecule has 102 valence electrons. The predicted octanol–water partition coefficient (Wildman–Crippen LogP) is 2.74. The number of aromatic nitrogens is 2. The quantitative estimate of drug-likeness (QED) is 0.836. The van der Waals surface area contributed by atoms with Gasteiger partial charge in [0.2, 0.25) is 0 Å². The zero-order valence-electron chi connectivity index (χ0n) is 10.6. The fourth-order valence-corrected chi connectivity index (χ4v) is 1.93. The highest BCUT2D eigenvalue weighted by molar-refractivity contribution is 5.71. The molecule has 2 rings (SSSR count). The first-order valence-corrected chi connectivity index (χ1v) is 6.05. The van der Waals surface area contributed by atoms with Crippen LogP contribution in [0.1, 0.15) is 31.2 Å². The number of nitrogens with zero attached hydrogens (tertiary/aromatic N) is 2. The summed E-state index contributed by atoms with van der Waals surface area (Å²) in [6.07, 6.45) is -0.949. The standard InChI is InChI=1S/C13H16F2N4/c1-2-4-10-18-11(13(16)19(10)17)8-5-3-6-9(7-8)12(14)15/h3,5-7,12H,2,4,16-17H2,1H3. The van der Waals surface area contributed by atoms with Crippen molar-refractivity contribution in [3.63, 3.8) is 0 Å². The summed E-state index contributed by atoms with van der Waals surface area (Å²) in [5.41, 5.74) is 6.83. The number of anilines is 1. The Morgan fingerprint density at radius 3 is 2.74 bits per heavy atom. The number of aryl methyl sites for hydroxylation is 1. The molecule has 0 atom stereocenters. The molecule has 2 aromatic rings. The molecular formula is C13H16F2N4. The van der Waals surface area contributed by atoms with Crippen LogP contribution in [0.2, 0.25) is 0 Å². The summed E-state index contributed by atoms with van der Waals surface area (Å²) in [4.78, 5) is 4.34. The lowest BCUT2D eigenvalue weighted by Crippen LogP contribution is -2.15. The molecule has 0 aliphatic heterocycles. The SMILES string of the molecule is CCCc1nc(-c2cccc(C(F)F)c2)c(N)n1N. The molecule has 0 spiro atoms. The molecule has 1 heterocycles. The predicted molar refractivity (Wildman–Crippen MR) is 71.2 cm³/mol. The van der Waals surface area contributed by atoms with Crippen LogP contribution in [0.5, 0.6) is 0 Å². The third-order valence-electron chi connectivity index (χ3n) is 2.91. The van der Waals surface area contributed by atoms with Crippen molar-refractivity contribution in [3.8, 4) is 11.3 Å². The van der Waals surface area contributed by atoms with E-state index >= 15 is 0 Å². The van der Waals surface area contributed by atoms with Gasteiger partial charge in [0.25, 0.3) is 6.43 Å². The smallest absolute Gasteiger partial charge is 0.263 e. The number of hydrogen-bond donors (Lipinski definition) is 2. The van der Waals surface area contributed by atoms with E-state index in [1.54, 1.807) is 12.1 Å². The van der Waals surface area contributed by atoms with Crippen LogP contribution in [-0.2, 0) is 6.42 Å². The van der Waals surface area contributed by atoms with Gasteiger partial charge in [-0.05, 0) is 12.5 Å². The highest BCUT2D eigenvalue weighted by atomic mass is 19.3. The van der Waals surface area contributed by atoms with Crippen LogP contribution in [0.25, 0.3) is 11.3 Å². The van der Waals surface area contributed by atoms with E-state index in [1.807, 2.05) is 6.92 Å². The molecule has 1 aromatic carbocycles. The highest BCUT2D eigenvalue weighted by Gasteiger charge is 2.15. The second-order valence-electron chi connectivity index (χ2n) is 4.31. The molecule has 0 fully saturated rings. The minimum absolute atomic E-state index is 0.0551. The van der Waals surface area contributed by atoms with Crippen molar-refractivity contribution in [2.75, 3.05) is 11.6 Å². The first-order chi connectivity index (χ1) is 9.04. The minimum atomic E-state index is -2.52. The molecule has 4 nitrogen and oxygen atoms in total. The van der Waals surface area contributed by atoms with Crippen molar-refractivity contribution in [1.82, 2.24) is 9.66 Å². The van der Waals surface area contributed by atoms with Gasteiger partial charge in [0.05, 0.1) is 0 Å². The maximum Gasteiger partial charge on any atom is 0.263 e. The molecule has 0 saturated heterocycles. The molecule has 0 amide bonds. The van der Waals surface area contributed by atoms with Gasteiger partial charge in [-0.1, -0.05) is 25.1 Å². The molecule has 4 N–H and O–H groups in total. The van der Waals surface area contributed by atoms with Crippen LogP contribution >= 0.6 is 0 Å². The van der Waals surface area contributed by atoms with Crippen molar-refractivity contribution < 1.29 is 8.78 Å². The van der Waals surface area contributed by atoms with E-state index in [0.717, 1.165) is 6.42 Å². The number of halogens is 2. The van der Waals surface area contributed by atoms with Crippen LogP contribution in [-0.4, -0.2) is 9.66 Å². The van der Waals surface area contributed by atoms with E-state index in [1.165, 1.54) is 16.8 Å². The Hall–Kier alpha value is -2.11. The van der Waals surface area contributed by atoms with E-state index in [2.05, 4.69) is 4.98 Å². The van der Waals surface area contributed by atoms with Crippen molar-refractivity contribution >= 4 is 5.82 Å². The Morgan fingerprint density at radius 2 is 2.11 bits per heavy atom. The Balaban J connectivity index is 2.47. The van der Waals surface area contributed by atoms with Gasteiger partial charge in [-0.15, -0.1) is 0 Å². The summed E-state index contributed by atoms with van der Waals surface area (Å²) < 4.78 is 26.7. The summed E-state index contributed by atoms with van der Waals surface area (Å²) in [7, 11) is 0. The number of rotatable bonds is 4. The fraction of sp³-hybridized carbons (Fsp3) is 0.308. The number of nitrogen functional groups attached to an aromatic ring is 2. The normalized spacial score (nSPS) is 11.2. The molecule has 0 unspecified atom stereocenters. The Morgan fingerprint density at radius 1 is 1.37 bits per heavy atom. The molecule has 0 radical (unpaired) electrons. The zero-order chi connectivity index (χ0) is 14.0. The molecule has 0 saturated carbocycles. The first-order valence-electron chi connectivity index (χ1n) is 6.05. The van der Waals surface area contributed by atoms with Gasteiger partial charge in [-0.25, -0.2) is 18.4 Å². The number of hydrogen-bond acceptors (Lipinski definition) is 3. The lowest BCUT2D eigenvalue weighted by molar-refractivity contribution is 0.151. The summed E-state index contributed by atoms with van der Waals surface area (Å²) in [5, 5.41) is 0. The largest absolute Gasteiger partial charge is 0.382 e. The van der Waals surface area contributed by atoms with E-state index in [-0.39, 0.29) is 11.4 Å².